The lowest BCUT2D eigenvalue weighted by Crippen LogP contribution is -2.62. The van der Waals surface area contributed by atoms with Gasteiger partial charge in [0.1, 0.15) is 12.6 Å². The standard InChI is InChI=1S/C44H55NO6/c1-11-19-50-31(47)13-12-17-42(8)29-15-14-24-20-27-26-21-25-28-22-40(4,5)51-41(6,7)34(28)37(48)32(25)33-36(26)45(35(23(2)3)38(33)49)39(27)44(24,10)43(29,9)18-16-30(42)46/h11-12,17,21-22,24,29-30,34-35,37,46,48H,1-2,13-16,18-20H2,3-10H3/b17-12+/t24?,29-,30-,34?,35-,37+,42-,43-,44+/m0/s1. The minimum Gasteiger partial charge on any atom is -0.461 e. The second-order valence-corrected chi connectivity index (χ2v) is 18.4. The minimum atomic E-state index is -0.857. The number of hydrogen-bond donors (Lipinski definition) is 2. The summed E-state index contributed by atoms with van der Waals surface area (Å²) in [4.78, 5) is 27.2. The van der Waals surface area contributed by atoms with Gasteiger partial charge in [-0.2, -0.15) is 0 Å². The van der Waals surface area contributed by atoms with Crippen LogP contribution in [-0.4, -0.2) is 50.4 Å². The van der Waals surface area contributed by atoms with Crippen molar-refractivity contribution in [3.63, 3.8) is 0 Å². The van der Waals surface area contributed by atoms with Gasteiger partial charge in [0, 0.05) is 33.4 Å². The van der Waals surface area contributed by atoms with Gasteiger partial charge in [0.25, 0.3) is 0 Å². The molecule has 0 amide bonds. The van der Waals surface area contributed by atoms with Crippen LogP contribution in [0, 0.1) is 28.6 Å². The van der Waals surface area contributed by atoms with Crippen molar-refractivity contribution in [2.45, 2.75) is 129 Å². The molecule has 9 atom stereocenters. The van der Waals surface area contributed by atoms with Crippen molar-refractivity contribution in [3.05, 3.63) is 77.0 Å². The van der Waals surface area contributed by atoms with Gasteiger partial charge < -0.3 is 24.3 Å². The number of allylic oxidation sites excluding steroid dienone is 1. The number of aliphatic hydroxyl groups excluding tert-OH is 2. The van der Waals surface area contributed by atoms with E-state index in [1.54, 1.807) is 6.08 Å². The minimum absolute atomic E-state index is 0.0261. The zero-order valence-electron chi connectivity index (χ0n) is 31.7. The summed E-state index contributed by atoms with van der Waals surface area (Å²) >= 11 is 0. The summed E-state index contributed by atoms with van der Waals surface area (Å²) in [6.45, 7) is 25.5. The summed E-state index contributed by atoms with van der Waals surface area (Å²) in [5, 5.41) is 25.0. The predicted octanol–water partition coefficient (Wildman–Crippen LogP) is 8.27. The van der Waals surface area contributed by atoms with Gasteiger partial charge in [0.05, 0.1) is 40.9 Å². The number of benzene rings is 1. The van der Waals surface area contributed by atoms with E-state index in [0.717, 1.165) is 58.9 Å². The zero-order chi connectivity index (χ0) is 36.8. The van der Waals surface area contributed by atoms with Crippen LogP contribution in [0.5, 0.6) is 0 Å². The average molecular weight is 694 g/mol. The second-order valence-electron chi connectivity index (χ2n) is 18.4. The number of rotatable bonds is 6. The number of aliphatic hydroxyl groups is 2. The highest BCUT2D eigenvalue weighted by Gasteiger charge is 2.67. The Bertz CT molecular complexity index is 1990. The first-order valence-corrected chi connectivity index (χ1v) is 19.0. The van der Waals surface area contributed by atoms with Crippen molar-refractivity contribution in [1.29, 1.82) is 0 Å². The summed E-state index contributed by atoms with van der Waals surface area (Å²) in [7, 11) is 0. The highest BCUT2D eigenvalue weighted by Crippen LogP contribution is 2.71. The third kappa shape index (κ3) is 4.34. The lowest BCUT2D eigenvalue weighted by molar-refractivity contribution is -0.145. The molecule has 7 nitrogen and oxygen atoms in total. The molecule has 2 N–H and O–H groups in total. The first-order valence-electron chi connectivity index (χ1n) is 19.0. The third-order valence-corrected chi connectivity index (χ3v) is 14.7. The molecule has 4 aliphatic carbocycles. The molecule has 2 aliphatic heterocycles. The van der Waals surface area contributed by atoms with Crippen LogP contribution in [0.25, 0.3) is 16.5 Å². The van der Waals surface area contributed by atoms with Crippen LogP contribution in [0.4, 0.5) is 0 Å². The summed E-state index contributed by atoms with van der Waals surface area (Å²) in [5.41, 5.74) is 5.65. The van der Waals surface area contributed by atoms with Crippen molar-refractivity contribution < 1.29 is 29.3 Å². The van der Waals surface area contributed by atoms with E-state index in [4.69, 9.17) is 9.47 Å². The molecule has 3 heterocycles. The smallest absolute Gasteiger partial charge is 0.309 e. The molecule has 0 spiro atoms. The Hall–Kier alpha value is -3.26. The number of nitrogens with zero attached hydrogens (tertiary/aromatic N) is 1. The van der Waals surface area contributed by atoms with E-state index in [1.807, 2.05) is 13.0 Å². The average Bonchev–Trinajstić information content (AvgIpc) is 3.70. The molecule has 6 aliphatic rings. The fourth-order valence-electron chi connectivity index (χ4n) is 12.7. The van der Waals surface area contributed by atoms with E-state index in [0.29, 0.717) is 17.9 Å². The Morgan fingerprint density at radius 1 is 1.12 bits per heavy atom. The third-order valence-electron chi connectivity index (χ3n) is 14.7. The summed E-state index contributed by atoms with van der Waals surface area (Å²) in [6, 6.07) is 1.76. The number of Topliss-reactive ketones (excluding diaryl/α,β-unsaturated/α-hetero) is 1. The number of ketones is 1. The molecule has 0 bridgehead atoms. The Balaban J connectivity index is 1.32. The van der Waals surface area contributed by atoms with Gasteiger partial charge in [-0.05, 0) is 113 Å². The quantitative estimate of drug-likeness (QED) is 0.234. The largest absolute Gasteiger partial charge is 0.461 e. The van der Waals surface area contributed by atoms with Crippen LogP contribution in [-0.2, 0) is 26.1 Å². The molecular weight excluding hydrogens is 638 g/mol. The van der Waals surface area contributed by atoms with E-state index >= 15 is 0 Å². The Morgan fingerprint density at radius 3 is 2.53 bits per heavy atom. The monoisotopic (exact) mass is 693 g/mol. The van der Waals surface area contributed by atoms with Crippen molar-refractivity contribution in [1.82, 2.24) is 4.57 Å². The molecule has 8 rings (SSSR count). The molecule has 2 saturated carbocycles. The molecule has 7 heteroatoms. The highest BCUT2D eigenvalue weighted by atomic mass is 16.5. The second kappa shape index (κ2) is 10.9. The van der Waals surface area contributed by atoms with Crippen LogP contribution in [0.2, 0.25) is 0 Å². The molecule has 2 unspecified atom stereocenters. The lowest BCUT2D eigenvalue weighted by Gasteiger charge is -2.64. The van der Waals surface area contributed by atoms with Crippen LogP contribution >= 0.6 is 0 Å². The fourth-order valence-corrected chi connectivity index (χ4v) is 12.7. The molecule has 0 radical (unpaired) electrons. The molecular formula is C44H55NO6. The van der Waals surface area contributed by atoms with Gasteiger partial charge in [0.15, 0.2) is 5.78 Å². The lowest BCUT2D eigenvalue weighted by atomic mass is 9.40. The van der Waals surface area contributed by atoms with E-state index < -0.39 is 34.9 Å². The molecule has 2 aromatic rings. The van der Waals surface area contributed by atoms with E-state index in [2.05, 4.69) is 84.4 Å². The van der Waals surface area contributed by atoms with Crippen molar-refractivity contribution in [2.24, 2.45) is 28.6 Å². The fraction of sp³-hybridized carbons (Fsp3) is 0.591. The van der Waals surface area contributed by atoms with Crippen LogP contribution in [0.1, 0.15) is 132 Å². The first kappa shape index (κ1) is 34.8. The highest BCUT2D eigenvalue weighted by molar-refractivity contribution is 6.18. The number of ether oxygens (including phenoxy) is 2. The summed E-state index contributed by atoms with van der Waals surface area (Å²) in [6.07, 6.45) is 10.9. The van der Waals surface area contributed by atoms with Crippen molar-refractivity contribution in [2.75, 3.05) is 6.61 Å². The van der Waals surface area contributed by atoms with E-state index in [1.165, 1.54) is 11.3 Å². The van der Waals surface area contributed by atoms with Gasteiger partial charge in [-0.25, -0.2) is 0 Å². The van der Waals surface area contributed by atoms with Crippen LogP contribution < -0.4 is 0 Å². The summed E-state index contributed by atoms with van der Waals surface area (Å²) < 4.78 is 14.1. The van der Waals surface area contributed by atoms with Gasteiger partial charge in [-0.15, -0.1) is 0 Å². The number of esters is 1. The maximum Gasteiger partial charge on any atom is 0.309 e. The molecule has 0 saturated heterocycles. The first-order chi connectivity index (χ1) is 23.8. The van der Waals surface area contributed by atoms with Crippen LogP contribution in [0.15, 0.2) is 49.1 Å². The van der Waals surface area contributed by atoms with E-state index in [9.17, 15) is 19.8 Å². The molecule has 272 valence electrons. The number of carbonyl (C=O) groups excluding carboxylic acids is 2. The van der Waals surface area contributed by atoms with Crippen LogP contribution in [0.3, 0.4) is 0 Å². The number of aromatic nitrogens is 1. The normalized spacial score (nSPS) is 38.2. The predicted molar refractivity (Wildman–Crippen MR) is 199 cm³/mol. The number of carbonyl (C=O) groups is 2. The van der Waals surface area contributed by atoms with Crippen molar-refractivity contribution >= 4 is 28.2 Å². The Kier molecular flexibility index (Phi) is 7.44. The molecule has 1 aromatic heterocycles. The SMILES string of the molecule is C=CCOC(=O)C/C=C/[C@]1(C)[C@@H](O)CC[C@@]2(C)[C@H]1CCC1Cc3c(n4c5c(c6c(cc35)C3=CC(C)(C)OC(C)(C)C3[C@@H]6O)C(=O)[C@@H]4C(=C)C)[C@@]12C. The maximum absolute atomic E-state index is 14.9. The molecule has 2 fully saturated rings. The van der Waals surface area contributed by atoms with Gasteiger partial charge in [0.2, 0.25) is 0 Å². The van der Waals surface area contributed by atoms with Gasteiger partial charge >= 0.3 is 5.97 Å². The van der Waals surface area contributed by atoms with Gasteiger partial charge in [-0.3, -0.25) is 9.59 Å². The van der Waals surface area contributed by atoms with E-state index in [-0.39, 0.29) is 47.4 Å². The molecule has 1 aromatic carbocycles. The zero-order valence-corrected chi connectivity index (χ0v) is 31.7. The maximum atomic E-state index is 14.9. The Morgan fingerprint density at radius 2 is 1.84 bits per heavy atom. The molecule has 51 heavy (non-hydrogen) atoms. The van der Waals surface area contributed by atoms with Gasteiger partial charge in [-0.1, -0.05) is 57.7 Å². The number of hydrogen-bond acceptors (Lipinski definition) is 6. The topological polar surface area (TPSA) is 98.0 Å². The van der Waals surface area contributed by atoms with Crippen molar-refractivity contribution in [3.8, 4) is 0 Å². The summed E-state index contributed by atoms with van der Waals surface area (Å²) in [5.74, 6) is -0.0230. The Labute approximate surface area is 302 Å². The number of fused-ring (bicyclic) bond motifs is 11.